The molecule has 9 nitrogen and oxygen atoms in total. The lowest BCUT2D eigenvalue weighted by Gasteiger charge is -2.30. The molecule has 2 atom stereocenters. The second-order valence-corrected chi connectivity index (χ2v) is 10.1. The monoisotopic (exact) mass is 501 g/mol. The van der Waals surface area contributed by atoms with E-state index in [0.717, 1.165) is 31.4 Å². The molecule has 200 valence electrons. The topological polar surface area (TPSA) is 111 Å². The maximum atomic E-state index is 13.3. The van der Waals surface area contributed by atoms with Crippen LogP contribution in [0.1, 0.15) is 51.5 Å². The minimum Gasteiger partial charge on any atom is -0.349 e. The maximum absolute atomic E-state index is 13.3. The van der Waals surface area contributed by atoms with Gasteiger partial charge in [0.25, 0.3) is 5.91 Å². The van der Waals surface area contributed by atoms with Crippen LogP contribution in [0.15, 0.2) is 30.3 Å². The van der Waals surface area contributed by atoms with Crippen molar-refractivity contribution in [2.24, 2.45) is 5.92 Å². The summed E-state index contributed by atoms with van der Waals surface area (Å²) in [6.07, 6.45) is 4.52. The van der Waals surface area contributed by atoms with Gasteiger partial charge in [0.2, 0.25) is 11.7 Å². The summed E-state index contributed by atoms with van der Waals surface area (Å²) >= 11 is 0. The van der Waals surface area contributed by atoms with Crippen molar-refractivity contribution in [2.45, 2.75) is 64.5 Å². The van der Waals surface area contributed by atoms with Crippen LogP contribution in [0.3, 0.4) is 0 Å². The van der Waals surface area contributed by atoms with E-state index in [-0.39, 0.29) is 18.4 Å². The molecule has 1 fully saturated rings. The van der Waals surface area contributed by atoms with Crippen LogP contribution in [0, 0.1) is 5.92 Å². The van der Waals surface area contributed by atoms with Crippen molar-refractivity contribution in [3.63, 3.8) is 0 Å². The molecular formula is C27H43N5O4. The number of piperidine rings is 1. The number of ketones is 1. The van der Waals surface area contributed by atoms with Crippen LogP contribution in [0.4, 0.5) is 4.79 Å². The number of hydrogen-bond acceptors (Lipinski definition) is 5. The number of likely N-dealkylation sites (tertiary alicyclic amines) is 1. The summed E-state index contributed by atoms with van der Waals surface area (Å²) < 4.78 is 0. The van der Waals surface area contributed by atoms with Crippen LogP contribution in [-0.4, -0.2) is 85.8 Å². The van der Waals surface area contributed by atoms with Gasteiger partial charge in [-0.25, -0.2) is 4.79 Å². The van der Waals surface area contributed by atoms with E-state index in [1.54, 1.807) is 4.90 Å². The Balaban J connectivity index is 2.06. The molecule has 0 saturated carbocycles. The molecule has 0 bridgehead atoms. The second-order valence-electron chi connectivity index (χ2n) is 10.1. The van der Waals surface area contributed by atoms with Gasteiger partial charge in [-0.2, -0.15) is 0 Å². The SMILES string of the molecule is CC(C)[C@H](NC(=O)N1CCCCC1)C(=O)NC(CCc1ccccc1)C(=O)C(=O)NCCCN(C)C. The van der Waals surface area contributed by atoms with Crippen molar-refractivity contribution >= 4 is 23.6 Å². The van der Waals surface area contributed by atoms with Gasteiger partial charge in [0.1, 0.15) is 6.04 Å². The van der Waals surface area contributed by atoms with E-state index in [0.29, 0.717) is 32.5 Å². The van der Waals surface area contributed by atoms with Crippen molar-refractivity contribution in [2.75, 3.05) is 40.3 Å². The van der Waals surface area contributed by atoms with E-state index in [4.69, 9.17) is 0 Å². The molecule has 0 radical (unpaired) electrons. The first kappa shape index (κ1) is 29.3. The van der Waals surface area contributed by atoms with Gasteiger partial charge in [-0.3, -0.25) is 14.4 Å². The first-order chi connectivity index (χ1) is 17.2. The zero-order valence-electron chi connectivity index (χ0n) is 22.2. The highest BCUT2D eigenvalue weighted by molar-refractivity contribution is 6.38. The van der Waals surface area contributed by atoms with E-state index in [1.807, 2.05) is 63.2 Å². The Morgan fingerprint density at radius 3 is 2.25 bits per heavy atom. The number of urea groups is 1. The highest BCUT2D eigenvalue weighted by Gasteiger charge is 2.32. The second kappa shape index (κ2) is 15.2. The summed E-state index contributed by atoms with van der Waals surface area (Å²) in [5.41, 5.74) is 1.01. The number of nitrogens with zero attached hydrogens (tertiary/aromatic N) is 2. The molecule has 1 aliphatic rings. The minimum atomic E-state index is -0.986. The number of amides is 4. The third-order valence-corrected chi connectivity index (χ3v) is 6.36. The lowest BCUT2D eigenvalue weighted by atomic mass is 9.99. The maximum Gasteiger partial charge on any atom is 0.318 e. The van der Waals surface area contributed by atoms with E-state index in [2.05, 4.69) is 16.0 Å². The largest absolute Gasteiger partial charge is 0.349 e. The first-order valence-electron chi connectivity index (χ1n) is 13.1. The molecular weight excluding hydrogens is 458 g/mol. The van der Waals surface area contributed by atoms with Crippen molar-refractivity contribution in [1.29, 1.82) is 0 Å². The smallest absolute Gasteiger partial charge is 0.318 e. The third-order valence-electron chi connectivity index (χ3n) is 6.36. The highest BCUT2D eigenvalue weighted by Crippen LogP contribution is 2.12. The van der Waals surface area contributed by atoms with Gasteiger partial charge in [-0.1, -0.05) is 44.2 Å². The number of carbonyl (C=O) groups is 4. The number of Topliss-reactive ketones (excluding diaryl/α,β-unsaturated/α-hetero) is 1. The molecule has 3 N–H and O–H groups in total. The molecule has 0 aliphatic carbocycles. The Morgan fingerprint density at radius 1 is 0.972 bits per heavy atom. The molecule has 0 aromatic heterocycles. The number of nitrogens with one attached hydrogen (secondary N) is 3. The third kappa shape index (κ3) is 9.97. The number of aryl methyl sites for hydroxylation is 1. The van der Waals surface area contributed by atoms with Crippen LogP contribution in [0.25, 0.3) is 0 Å². The lowest BCUT2D eigenvalue weighted by molar-refractivity contribution is -0.140. The predicted octanol–water partition coefficient (Wildman–Crippen LogP) is 1.96. The zero-order valence-corrected chi connectivity index (χ0v) is 22.2. The molecule has 1 unspecified atom stereocenters. The van der Waals surface area contributed by atoms with Crippen molar-refractivity contribution in [3.05, 3.63) is 35.9 Å². The van der Waals surface area contributed by atoms with Crippen molar-refractivity contribution in [3.8, 4) is 0 Å². The molecule has 1 aromatic rings. The molecule has 36 heavy (non-hydrogen) atoms. The molecule has 1 aliphatic heterocycles. The van der Waals surface area contributed by atoms with E-state index < -0.39 is 29.7 Å². The summed E-state index contributed by atoms with van der Waals surface area (Å²) in [6.45, 7) is 6.20. The summed E-state index contributed by atoms with van der Waals surface area (Å²) in [5, 5.41) is 8.29. The molecule has 1 saturated heterocycles. The van der Waals surface area contributed by atoms with Crippen LogP contribution in [-0.2, 0) is 20.8 Å². The lowest BCUT2D eigenvalue weighted by Crippen LogP contribution is -2.57. The molecule has 1 heterocycles. The van der Waals surface area contributed by atoms with E-state index in [1.165, 1.54) is 0 Å². The first-order valence-corrected chi connectivity index (χ1v) is 13.1. The Hall–Kier alpha value is -2.94. The minimum absolute atomic E-state index is 0.191. The Morgan fingerprint density at radius 2 is 1.64 bits per heavy atom. The average Bonchev–Trinajstić information content (AvgIpc) is 2.87. The van der Waals surface area contributed by atoms with Gasteiger partial charge >= 0.3 is 6.03 Å². The zero-order chi connectivity index (χ0) is 26.5. The van der Waals surface area contributed by atoms with Crippen LogP contribution >= 0.6 is 0 Å². The van der Waals surface area contributed by atoms with Gasteiger partial charge in [0.15, 0.2) is 0 Å². The number of rotatable bonds is 13. The van der Waals surface area contributed by atoms with Gasteiger partial charge < -0.3 is 25.8 Å². The standard InChI is InChI=1S/C27H43N5O4/c1-20(2)23(30-27(36)32-18-9-6-10-19-32)25(34)29-22(15-14-21-12-7-5-8-13-21)24(33)26(35)28-16-11-17-31(3)4/h5,7-8,12-13,20,22-23H,6,9-11,14-19H2,1-4H3,(H,28,35)(H,29,34)(H,30,36)/t22?,23-/m0/s1. The van der Waals surface area contributed by atoms with Gasteiger partial charge in [0.05, 0.1) is 6.04 Å². The average molecular weight is 502 g/mol. The van der Waals surface area contributed by atoms with Gasteiger partial charge in [-0.05, 0) is 70.6 Å². The predicted molar refractivity (Wildman–Crippen MR) is 140 cm³/mol. The number of hydrogen-bond donors (Lipinski definition) is 3. The summed E-state index contributed by atoms with van der Waals surface area (Å²) in [4.78, 5) is 55.4. The fourth-order valence-electron chi connectivity index (χ4n) is 4.18. The summed E-state index contributed by atoms with van der Waals surface area (Å²) in [5.74, 6) is -2.02. The number of carbonyl (C=O) groups excluding carboxylic acids is 4. The Kier molecular flexibility index (Phi) is 12.4. The number of benzene rings is 1. The molecule has 2 rings (SSSR count). The Bertz CT molecular complexity index is 853. The normalized spacial score (nSPS) is 15.3. The van der Waals surface area contributed by atoms with Gasteiger partial charge in [-0.15, -0.1) is 0 Å². The van der Waals surface area contributed by atoms with Crippen molar-refractivity contribution in [1.82, 2.24) is 25.8 Å². The van der Waals surface area contributed by atoms with E-state index >= 15 is 0 Å². The molecule has 1 aromatic carbocycles. The van der Waals surface area contributed by atoms with E-state index in [9.17, 15) is 19.2 Å². The highest BCUT2D eigenvalue weighted by atomic mass is 16.2. The van der Waals surface area contributed by atoms with Crippen molar-refractivity contribution < 1.29 is 19.2 Å². The van der Waals surface area contributed by atoms with Crippen LogP contribution < -0.4 is 16.0 Å². The fraction of sp³-hybridized carbons (Fsp3) is 0.630. The van der Waals surface area contributed by atoms with Crippen LogP contribution in [0.5, 0.6) is 0 Å². The van der Waals surface area contributed by atoms with Gasteiger partial charge in [0, 0.05) is 19.6 Å². The van der Waals surface area contributed by atoms with Crippen LogP contribution in [0.2, 0.25) is 0 Å². The molecule has 9 heteroatoms. The summed E-state index contributed by atoms with van der Waals surface area (Å²) in [6, 6.07) is 7.55. The molecule has 4 amide bonds. The molecule has 0 spiro atoms. The fourth-order valence-corrected chi connectivity index (χ4v) is 4.18. The Labute approximate surface area is 215 Å². The summed E-state index contributed by atoms with van der Waals surface area (Å²) in [7, 11) is 3.88. The quantitative estimate of drug-likeness (QED) is 0.283.